The summed E-state index contributed by atoms with van der Waals surface area (Å²) >= 11 is 1.32. The molecule has 0 spiro atoms. The molecule has 3 aromatic rings. The van der Waals surface area contributed by atoms with E-state index in [0.29, 0.717) is 22.7 Å². The molecule has 2 amide bonds. The van der Waals surface area contributed by atoms with Crippen LogP contribution in [0.1, 0.15) is 31.3 Å². The summed E-state index contributed by atoms with van der Waals surface area (Å²) in [6.07, 6.45) is 1.70. The maximum atomic E-state index is 12.5. The molecule has 7 heteroatoms. The fraction of sp³-hybridized carbons (Fsp3) is 0.158. The van der Waals surface area contributed by atoms with Crippen LogP contribution in [0.5, 0.6) is 0 Å². The predicted molar refractivity (Wildman–Crippen MR) is 101 cm³/mol. The summed E-state index contributed by atoms with van der Waals surface area (Å²) in [7, 11) is 1.59. The minimum absolute atomic E-state index is 0.156. The summed E-state index contributed by atoms with van der Waals surface area (Å²) in [5.41, 5.74) is 2.84. The SMILES string of the molecule is CNC(=O)c1cccc(CNC(=O)c2sc(-c3ccccn3)nc2C)c1. The van der Waals surface area contributed by atoms with E-state index in [1.807, 2.05) is 31.2 Å². The van der Waals surface area contributed by atoms with E-state index in [4.69, 9.17) is 0 Å². The fourth-order valence-electron chi connectivity index (χ4n) is 2.44. The summed E-state index contributed by atoms with van der Waals surface area (Å²) in [5.74, 6) is -0.344. The third kappa shape index (κ3) is 3.94. The topological polar surface area (TPSA) is 84.0 Å². The van der Waals surface area contributed by atoms with Gasteiger partial charge in [-0.1, -0.05) is 18.2 Å². The number of rotatable bonds is 5. The summed E-state index contributed by atoms with van der Waals surface area (Å²) in [6, 6.07) is 12.7. The van der Waals surface area contributed by atoms with Crippen molar-refractivity contribution in [1.82, 2.24) is 20.6 Å². The molecule has 0 saturated heterocycles. The quantitative estimate of drug-likeness (QED) is 0.727. The van der Waals surface area contributed by atoms with Crippen LogP contribution < -0.4 is 10.6 Å². The van der Waals surface area contributed by atoms with Gasteiger partial charge in [0.1, 0.15) is 9.88 Å². The van der Waals surface area contributed by atoms with E-state index in [-0.39, 0.29) is 11.8 Å². The van der Waals surface area contributed by atoms with Crippen LogP contribution >= 0.6 is 11.3 Å². The van der Waals surface area contributed by atoms with Crippen molar-refractivity contribution in [3.8, 4) is 10.7 Å². The van der Waals surface area contributed by atoms with E-state index in [1.165, 1.54) is 11.3 Å². The zero-order valence-electron chi connectivity index (χ0n) is 14.4. The largest absolute Gasteiger partial charge is 0.355 e. The second-order valence-electron chi connectivity index (χ2n) is 5.61. The highest BCUT2D eigenvalue weighted by molar-refractivity contribution is 7.17. The first-order valence-electron chi connectivity index (χ1n) is 8.06. The Morgan fingerprint density at radius 2 is 1.96 bits per heavy atom. The number of thiazole rings is 1. The van der Waals surface area contributed by atoms with E-state index in [2.05, 4.69) is 20.6 Å². The van der Waals surface area contributed by atoms with Gasteiger partial charge in [-0.15, -0.1) is 11.3 Å². The highest BCUT2D eigenvalue weighted by Gasteiger charge is 2.16. The summed E-state index contributed by atoms with van der Waals surface area (Å²) in [6.45, 7) is 2.14. The van der Waals surface area contributed by atoms with E-state index in [0.717, 1.165) is 16.3 Å². The maximum absolute atomic E-state index is 12.5. The van der Waals surface area contributed by atoms with Gasteiger partial charge in [-0.05, 0) is 36.8 Å². The Hall–Kier alpha value is -3.06. The third-order valence-electron chi connectivity index (χ3n) is 3.76. The van der Waals surface area contributed by atoms with Crippen LogP contribution in [0.3, 0.4) is 0 Å². The molecule has 0 aliphatic rings. The Bertz CT molecular complexity index is 938. The Morgan fingerprint density at radius 3 is 2.69 bits per heavy atom. The summed E-state index contributed by atoms with van der Waals surface area (Å²) in [4.78, 5) is 33.5. The van der Waals surface area contributed by atoms with E-state index >= 15 is 0 Å². The standard InChI is InChI=1S/C19H18N4O2S/c1-12-16(26-19(23-12)15-8-3-4-9-21-15)18(25)22-11-13-6-5-7-14(10-13)17(24)20-2/h3-10H,11H2,1-2H3,(H,20,24)(H,22,25). The van der Waals surface area contributed by atoms with E-state index in [9.17, 15) is 9.59 Å². The van der Waals surface area contributed by atoms with Crippen molar-refractivity contribution in [3.05, 3.63) is 70.4 Å². The number of amides is 2. The molecule has 0 bridgehead atoms. The smallest absolute Gasteiger partial charge is 0.263 e. The molecule has 2 heterocycles. The van der Waals surface area contributed by atoms with Gasteiger partial charge in [0.05, 0.1) is 11.4 Å². The second-order valence-corrected chi connectivity index (χ2v) is 6.61. The molecule has 6 nitrogen and oxygen atoms in total. The Labute approximate surface area is 155 Å². The molecule has 0 aliphatic heterocycles. The minimum Gasteiger partial charge on any atom is -0.355 e. The molecular formula is C19H18N4O2S. The van der Waals surface area contributed by atoms with Crippen LogP contribution in [0, 0.1) is 6.92 Å². The molecule has 0 aliphatic carbocycles. The van der Waals surface area contributed by atoms with Crippen LogP contribution in [-0.4, -0.2) is 28.8 Å². The Kier molecular flexibility index (Phi) is 5.38. The van der Waals surface area contributed by atoms with Crippen molar-refractivity contribution >= 4 is 23.2 Å². The van der Waals surface area contributed by atoms with Gasteiger partial charge in [-0.25, -0.2) is 4.98 Å². The number of carbonyl (C=O) groups excluding carboxylic acids is 2. The zero-order valence-corrected chi connectivity index (χ0v) is 15.3. The number of nitrogens with one attached hydrogen (secondary N) is 2. The van der Waals surface area contributed by atoms with Crippen LogP contribution in [0.15, 0.2) is 48.7 Å². The van der Waals surface area contributed by atoms with Crippen molar-refractivity contribution in [1.29, 1.82) is 0 Å². The molecule has 0 atom stereocenters. The Balaban J connectivity index is 1.71. The van der Waals surface area contributed by atoms with Crippen molar-refractivity contribution in [2.45, 2.75) is 13.5 Å². The van der Waals surface area contributed by atoms with Crippen LogP contribution in [0.2, 0.25) is 0 Å². The van der Waals surface area contributed by atoms with Crippen LogP contribution in [0.25, 0.3) is 10.7 Å². The lowest BCUT2D eigenvalue weighted by Gasteiger charge is -2.06. The van der Waals surface area contributed by atoms with Gasteiger partial charge in [-0.3, -0.25) is 14.6 Å². The van der Waals surface area contributed by atoms with Crippen molar-refractivity contribution in [2.24, 2.45) is 0 Å². The first-order chi connectivity index (χ1) is 12.6. The molecule has 26 heavy (non-hydrogen) atoms. The normalized spacial score (nSPS) is 10.4. The maximum Gasteiger partial charge on any atom is 0.263 e. The lowest BCUT2D eigenvalue weighted by molar-refractivity contribution is 0.0951. The van der Waals surface area contributed by atoms with E-state index in [1.54, 1.807) is 31.4 Å². The molecule has 0 radical (unpaired) electrons. The second kappa shape index (κ2) is 7.88. The zero-order chi connectivity index (χ0) is 18.5. The third-order valence-corrected chi connectivity index (χ3v) is 4.93. The number of carbonyl (C=O) groups is 2. The van der Waals surface area contributed by atoms with Crippen molar-refractivity contribution in [2.75, 3.05) is 7.05 Å². The number of nitrogens with zero attached hydrogens (tertiary/aromatic N) is 2. The summed E-state index contributed by atoms with van der Waals surface area (Å²) < 4.78 is 0. The average Bonchev–Trinajstić information content (AvgIpc) is 3.08. The van der Waals surface area contributed by atoms with Gasteiger partial charge in [0.25, 0.3) is 11.8 Å². The van der Waals surface area contributed by atoms with Crippen LogP contribution in [-0.2, 0) is 6.54 Å². The highest BCUT2D eigenvalue weighted by Crippen LogP contribution is 2.26. The van der Waals surface area contributed by atoms with Gasteiger partial charge in [-0.2, -0.15) is 0 Å². The fourth-order valence-corrected chi connectivity index (χ4v) is 3.39. The van der Waals surface area contributed by atoms with Gasteiger partial charge in [0.15, 0.2) is 0 Å². The molecule has 0 unspecified atom stereocenters. The Morgan fingerprint density at radius 1 is 1.12 bits per heavy atom. The molecule has 1 aromatic carbocycles. The first kappa shape index (κ1) is 17.8. The highest BCUT2D eigenvalue weighted by atomic mass is 32.1. The molecule has 3 rings (SSSR count). The molecule has 2 aromatic heterocycles. The summed E-state index contributed by atoms with van der Waals surface area (Å²) in [5, 5.41) is 6.19. The predicted octanol–water partition coefficient (Wildman–Crippen LogP) is 2.80. The lowest BCUT2D eigenvalue weighted by atomic mass is 10.1. The average molecular weight is 366 g/mol. The van der Waals surface area contributed by atoms with Gasteiger partial charge in [0.2, 0.25) is 0 Å². The number of aromatic nitrogens is 2. The van der Waals surface area contributed by atoms with Crippen LogP contribution in [0.4, 0.5) is 0 Å². The van der Waals surface area contributed by atoms with Crippen molar-refractivity contribution < 1.29 is 9.59 Å². The van der Waals surface area contributed by atoms with Gasteiger partial charge < -0.3 is 10.6 Å². The van der Waals surface area contributed by atoms with Crippen molar-refractivity contribution in [3.63, 3.8) is 0 Å². The molecule has 132 valence electrons. The van der Waals surface area contributed by atoms with Gasteiger partial charge in [0, 0.05) is 25.4 Å². The molecule has 2 N–H and O–H groups in total. The number of hydrogen-bond acceptors (Lipinski definition) is 5. The molecule has 0 saturated carbocycles. The number of benzene rings is 1. The lowest BCUT2D eigenvalue weighted by Crippen LogP contribution is -2.23. The number of aryl methyl sites for hydroxylation is 1. The molecule has 0 fully saturated rings. The minimum atomic E-state index is -0.187. The first-order valence-corrected chi connectivity index (χ1v) is 8.88. The van der Waals surface area contributed by atoms with Gasteiger partial charge >= 0.3 is 0 Å². The monoisotopic (exact) mass is 366 g/mol. The number of hydrogen-bond donors (Lipinski definition) is 2. The number of pyridine rings is 1. The molecular weight excluding hydrogens is 348 g/mol. The van der Waals surface area contributed by atoms with E-state index < -0.39 is 0 Å².